The van der Waals surface area contributed by atoms with Gasteiger partial charge in [0.25, 0.3) is 11.8 Å². The number of carbonyl (C=O) groups excluding carboxylic acids is 2. The van der Waals surface area contributed by atoms with Crippen LogP contribution in [-0.4, -0.2) is 32.2 Å². The molecule has 4 N–H and O–H groups in total. The van der Waals surface area contributed by atoms with Crippen molar-refractivity contribution < 1.29 is 24.5 Å². The highest BCUT2D eigenvalue weighted by molar-refractivity contribution is 5.95. The van der Waals surface area contributed by atoms with E-state index in [0.717, 1.165) is 11.1 Å². The van der Waals surface area contributed by atoms with Crippen LogP contribution < -0.4 is 10.6 Å². The van der Waals surface area contributed by atoms with Gasteiger partial charge < -0.3 is 25.6 Å². The van der Waals surface area contributed by atoms with E-state index in [1.807, 2.05) is 60.7 Å². The van der Waals surface area contributed by atoms with Gasteiger partial charge in [0.15, 0.2) is 11.5 Å². The van der Waals surface area contributed by atoms with Crippen LogP contribution in [0.2, 0.25) is 0 Å². The van der Waals surface area contributed by atoms with Crippen molar-refractivity contribution in [3.05, 3.63) is 83.3 Å². The van der Waals surface area contributed by atoms with Crippen LogP contribution in [0.25, 0.3) is 0 Å². The Morgan fingerprint density at radius 1 is 0.833 bits per heavy atom. The van der Waals surface area contributed by atoms with E-state index in [4.69, 9.17) is 4.74 Å². The van der Waals surface area contributed by atoms with Gasteiger partial charge in [-0.3, -0.25) is 4.79 Å². The third kappa shape index (κ3) is 5.68. The predicted octanol–water partition coefficient (Wildman–Crippen LogP) is 2.24. The topological polar surface area (TPSA) is 134 Å². The Hall–Kier alpha value is -4.14. The zero-order valence-electron chi connectivity index (χ0n) is 15.9. The maximum Gasteiger partial charge on any atom is 0.407 e. The second-order valence-corrected chi connectivity index (χ2v) is 6.24. The van der Waals surface area contributed by atoms with E-state index in [-0.39, 0.29) is 25.5 Å². The standard InChI is InChI=1S/C21H20N4O5/c26-18-17(19(27)22-11-14-7-3-1-4-8-14)24-16(25-20(18)28)12-23-21(29)30-13-15-9-5-2-6-10-15/h1-10,26H,11-13H2,(H,22,27)(H,23,29)(H,24,25,28). The molecular formula is C21H20N4O5. The molecule has 0 spiro atoms. The molecule has 1 aromatic heterocycles. The number of amides is 2. The van der Waals surface area contributed by atoms with E-state index in [9.17, 15) is 19.8 Å². The van der Waals surface area contributed by atoms with Gasteiger partial charge in [-0.15, -0.1) is 0 Å². The number of nitrogens with one attached hydrogen (secondary N) is 2. The zero-order chi connectivity index (χ0) is 21.3. The van der Waals surface area contributed by atoms with Crippen LogP contribution >= 0.6 is 0 Å². The molecule has 0 unspecified atom stereocenters. The molecule has 3 aromatic rings. The molecule has 30 heavy (non-hydrogen) atoms. The van der Waals surface area contributed by atoms with Crippen molar-refractivity contribution in [3.8, 4) is 11.6 Å². The molecule has 0 fully saturated rings. The second-order valence-electron chi connectivity index (χ2n) is 6.24. The number of benzene rings is 2. The van der Waals surface area contributed by atoms with Crippen molar-refractivity contribution in [2.24, 2.45) is 0 Å². The molecule has 3 rings (SSSR count). The Morgan fingerprint density at radius 2 is 1.47 bits per heavy atom. The van der Waals surface area contributed by atoms with Gasteiger partial charge in [-0.25, -0.2) is 9.78 Å². The number of aromatic hydroxyl groups is 2. The SMILES string of the molecule is O=C(NCc1nc(O)c(O)c(C(=O)NCc2ccccc2)n1)OCc1ccccc1. The number of alkyl carbamates (subject to hydrolysis) is 1. The molecule has 0 aliphatic rings. The third-order valence-corrected chi connectivity index (χ3v) is 4.03. The highest BCUT2D eigenvalue weighted by Gasteiger charge is 2.20. The Morgan fingerprint density at radius 3 is 2.13 bits per heavy atom. The van der Waals surface area contributed by atoms with Crippen LogP contribution in [0, 0.1) is 0 Å². The maximum atomic E-state index is 12.4. The number of aromatic nitrogens is 2. The first-order valence-corrected chi connectivity index (χ1v) is 9.08. The zero-order valence-corrected chi connectivity index (χ0v) is 15.9. The molecular weight excluding hydrogens is 388 g/mol. The van der Waals surface area contributed by atoms with E-state index < -0.39 is 29.3 Å². The van der Waals surface area contributed by atoms with E-state index >= 15 is 0 Å². The minimum atomic E-state index is -0.760. The summed E-state index contributed by atoms with van der Waals surface area (Å²) in [7, 11) is 0. The Kier molecular flexibility index (Phi) is 6.78. The molecule has 0 aliphatic heterocycles. The number of rotatable bonds is 7. The molecule has 9 nitrogen and oxygen atoms in total. The Labute approximate surface area is 172 Å². The van der Waals surface area contributed by atoms with Crippen LogP contribution in [0.4, 0.5) is 4.79 Å². The van der Waals surface area contributed by atoms with Crippen molar-refractivity contribution in [3.63, 3.8) is 0 Å². The summed E-state index contributed by atoms with van der Waals surface area (Å²) in [4.78, 5) is 31.8. The van der Waals surface area contributed by atoms with Crippen LogP contribution in [0.5, 0.6) is 11.6 Å². The average molecular weight is 408 g/mol. The van der Waals surface area contributed by atoms with Gasteiger partial charge in [0.05, 0.1) is 6.54 Å². The molecule has 9 heteroatoms. The highest BCUT2D eigenvalue weighted by Crippen LogP contribution is 2.25. The van der Waals surface area contributed by atoms with Gasteiger partial charge >= 0.3 is 6.09 Å². The lowest BCUT2D eigenvalue weighted by molar-refractivity contribution is 0.0941. The molecule has 0 aliphatic carbocycles. The molecule has 1 heterocycles. The molecule has 2 aromatic carbocycles. The molecule has 2 amide bonds. The Balaban J connectivity index is 1.58. The lowest BCUT2D eigenvalue weighted by Crippen LogP contribution is -2.27. The van der Waals surface area contributed by atoms with Gasteiger partial charge in [-0.2, -0.15) is 4.98 Å². The number of hydrogen-bond donors (Lipinski definition) is 4. The quantitative estimate of drug-likeness (QED) is 0.471. The average Bonchev–Trinajstić information content (AvgIpc) is 2.78. The monoisotopic (exact) mass is 408 g/mol. The van der Waals surface area contributed by atoms with Crippen LogP contribution in [0.15, 0.2) is 60.7 Å². The second kappa shape index (κ2) is 9.87. The van der Waals surface area contributed by atoms with Crippen molar-refractivity contribution in [2.75, 3.05) is 0 Å². The molecule has 0 radical (unpaired) electrons. The van der Waals surface area contributed by atoms with Crippen molar-refractivity contribution >= 4 is 12.0 Å². The molecule has 0 saturated heterocycles. The predicted molar refractivity (Wildman–Crippen MR) is 106 cm³/mol. The number of nitrogens with zero attached hydrogens (tertiary/aromatic N) is 2. The minimum absolute atomic E-state index is 0.0631. The highest BCUT2D eigenvalue weighted by atomic mass is 16.5. The van der Waals surface area contributed by atoms with Crippen LogP contribution in [0.3, 0.4) is 0 Å². The lowest BCUT2D eigenvalue weighted by Gasteiger charge is -2.10. The summed E-state index contributed by atoms with van der Waals surface area (Å²) in [6.45, 7) is 0.0885. The minimum Gasteiger partial charge on any atom is -0.501 e. The van der Waals surface area contributed by atoms with Crippen LogP contribution in [-0.2, 0) is 24.4 Å². The van der Waals surface area contributed by atoms with Gasteiger partial charge in [0.1, 0.15) is 6.61 Å². The largest absolute Gasteiger partial charge is 0.501 e. The molecule has 154 valence electrons. The summed E-state index contributed by atoms with van der Waals surface area (Å²) >= 11 is 0. The first-order chi connectivity index (χ1) is 14.5. The first kappa shape index (κ1) is 20.6. The van der Waals surface area contributed by atoms with E-state index in [1.165, 1.54) is 0 Å². The fourth-order valence-electron chi connectivity index (χ4n) is 2.51. The van der Waals surface area contributed by atoms with Crippen LogP contribution in [0.1, 0.15) is 27.4 Å². The number of hydrogen-bond acceptors (Lipinski definition) is 7. The van der Waals surface area contributed by atoms with E-state index in [1.54, 1.807) is 0 Å². The van der Waals surface area contributed by atoms with Crippen molar-refractivity contribution in [2.45, 2.75) is 19.7 Å². The summed E-state index contributed by atoms with van der Waals surface area (Å²) in [5.41, 5.74) is 1.28. The Bertz CT molecular complexity index is 1010. The third-order valence-electron chi connectivity index (χ3n) is 4.03. The smallest absolute Gasteiger partial charge is 0.407 e. The normalized spacial score (nSPS) is 10.3. The fourth-order valence-corrected chi connectivity index (χ4v) is 2.51. The molecule has 0 atom stereocenters. The molecule has 0 saturated carbocycles. The van der Waals surface area contributed by atoms with Gasteiger partial charge in [0, 0.05) is 6.54 Å². The number of ether oxygens (including phenoxy) is 1. The van der Waals surface area contributed by atoms with Crippen molar-refractivity contribution in [1.29, 1.82) is 0 Å². The summed E-state index contributed by atoms with van der Waals surface area (Å²) in [5.74, 6) is -2.26. The van der Waals surface area contributed by atoms with E-state index in [2.05, 4.69) is 20.6 Å². The van der Waals surface area contributed by atoms with Gasteiger partial charge in [-0.1, -0.05) is 60.7 Å². The van der Waals surface area contributed by atoms with Crippen molar-refractivity contribution in [1.82, 2.24) is 20.6 Å². The summed E-state index contributed by atoms with van der Waals surface area (Å²) < 4.78 is 5.07. The van der Waals surface area contributed by atoms with Gasteiger partial charge in [0.2, 0.25) is 5.75 Å². The fraction of sp³-hybridized carbons (Fsp3) is 0.143. The summed E-state index contributed by atoms with van der Waals surface area (Å²) in [6, 6.07) is 18.3. The van der Waals surface area contributed by atoms with Gasteiger partial charge in [-0.05, 0) is 11.1 Å². The lowest BCUT2D eigenvalue weighted by atomic mass is 10.2. The summed E-state index contributed by atoms with van der Waals surface area (Å²) in [5, 5.41) is 24.8. The summed E-state index contributed by atoms with van der Waals surface area (Å²) in [6.07, 6.45) is -0.718. The van der Waals surface area contributed by atoms with E-state index in [0.29, 0.717) is 0 Å². The number of carbonyl (C=O) groups is 2. The first-order valence-electron chi connectivity index (χ1n) is 9.08. The molecule has 0 bridgehead atoms. The maximum absolute atomic E-state index is 12.4.